The van der Waals surface area contributed by atoms with Crippen molar-refractivity contribution >= 4 is 27.3 Å². The van der Waals surface area contributed by atoms with Crippen LogP contribution in [0.5, 0.6) is 11.5 Å². The fourth-order valence-electron chi connectivity index (χ4n) is 2.51. The van der Waals surface area contributed by atoms with Crippen LogP contribution in [0.2, 0.25) is 0 Å². The third kappa shape index (κ3) is 3.30. The Morgan fingerprint density at radius 1 is 1.27 bits per heavy atom. The number of ether oxygens (including phenoxy) is 2. The maximum Gasteiger partial charge on any atom is 0.246 e. The molecule has 1 aliphatic rings. The van der Waals surface area contributed by atoms with Crippen LogP contribution in [-0.2, 0) is 14.8 Å². The van der Waals surface area contributed by atoms with Gasteiger partial charge in [-0.25, -0.2) is 8.42 Å². The number of anilines is 2. The van der Waals surface area contributed by atoms with E-state index in [1.165, 1.54) is 32.9 Å². The molecule has 10 nitrogen and oxygen atoms in total. The summed E-state index contributed by atoms with van der Waals surface area (Å²) in [5, 5.41) is 6.18. The van der Waals surface area contributed by atoms with Crippen molar-refractivity contribution in [3.05, 3.63) is 23.6 Å². The Hall–Kier alpha value is -2.79. The number of benzene rings is 1. The third-order valence-corrected chi connectivity index (χ3v) is 5.55. The van der Waals surface area contributed by atoms with Crippen LogP contribution in [0.4, 0.5) is 11.4 Å². The largest absolute Gasteiger partial charge is 0.454 e. The van der Waals surface area contributed by atoms with Crippen LogP contribution in [0.1, 0.15) is 18.4 Å². The van der Waals surface area contributed by atoms with Crippen LogP contribution < -0.4 is 25.2 Å². The molecule has 11 heteroatoms. The van der Waals surface area contributed by atoms with E-state index in [1.807, 2.05) is 0 Å². The summed E-state index contributed by atoms with van der Waals surface area (Å²) in [7, 11) is -3.98. The minimum atomic E-state index is -3.98. The van der Waals surface area contributed by atoms with Gasteiger partial charge in [0.2, 0.25) is 22.7 Å². The lowest BCUT2D eigenvalue weighted by Crippen LogP contribution is -2.41. The Kier molecular flexibility index (Phi) is 4.50. The van der Waals surface area contributed by atoms with Gasteiger partial charge >= 0.3 is 0 Å². The van der Waals surface area contributed by atoms with E-state index >= 15 is 0 Å². The van der Waals surface area contributed by atoms with Gasteiger partial charge in [0.05, 0.1) is 17.4 Å². The molecule has 26 heavy (non-hydrogen) atoms. The number of nitrogens with one attached hydrogen (secondary N) is 2. The van der Waals surface area contributed by atoms with Crippen LogP contribution in [-0.4, -0.2) is 32.3 Å². The van der Waals surface area contributed by atoms with E-state index in [2.05, 4.69) is 15.2 Å². The number of carbonyl (C=O) groups is 1. The number of hydrogen-bond acceptors (Lipinski definition) is 8. The molecule has 0 spiro atoms. The molecule has 1 unspecified atom stereocenters. The Balaban J connectivity index is 1.75. The second kappa shape index (κ2) is 6.50. The van der Waals surface area contributed by atoms with Gasteiger partial charge in [0.1, 0.15) is 10.6 Å². The number of carbonyl (C=O) groups excluding carboxylic acids is 1. The van der Waals surface area contributed by atoms with E-state index in [-0.39, 0.29) is 28.8 Å². The van der Waals surface area contributed by atoms with Gasteiger partial charge in [0.15, 0.2) is 17.3 Å². The average molecular weight is 382 g/mol. The topological polar surface area (TPSA) is 146 Å². The zero-order valence-corrected chi connectivity index (χ0v) is 15.1. The second-order valence-corrected chi connectivity index (χ2v) is 7.43. The molecule has 140 valence electrons. The molecule has 1 aromatic heterocycles. The van der Waals surface area contributed by atoms with Gasteiger partial charge in [-0.05, 0) is 20.8 Å². The van der Waals surface area contributed by atoms with E-state index in [4.69, 9.17) is 19.7 Å². The standard InChI is InChI=1S/C15H18N4O6S/c1-7-14(9(3)25-18-7)26(21,22)19-8(2)15(20)17-11-5-13-12(4-10(11)16)23-6-24-13/h4-5,8,19H,6,16H2,1-3H3,(H,17,20). The highest BCUT2D eigenvalue weighted by Gasteiger charge is 2.28. The summed E-state index contributed by atoms with van der Waals surface area (Å²) in [5.41, 5.74) is 6.65. The van der Waals surface area contributed by atoms with Gasteiger partial charge in [-0.3, -0.25) is 4.79 Å². The van der Waals surface area contributed by atoms with Crippen molar-refractivity contribution < 1.29 is 27.2 Å². The molecule has 1 aliphatic heterocycles. The SMILES string of the molecule is Cc1noc(C)c1S(=O)(=O)NC(C)C(=O)Nc1cc2c(cc1N)OCO2. The molecule has 2 aromatic rings. The first-order chi connectivity index (χ1) is 12.2. The zero-order chi connectivity index (χ0) is 19.1. The van der Waals surface area contributed by atoms with E-state index in [0.29, 0.717) is 17.2 Å². The number of nitrogens with two attached hydrogens (primary N) is 1. The maximum atomic E-state index is 12.5. The maximum absolute atomic E-state index is 12.5. The van der Waals surface area contributed by atoms with Gasteiger partial charge in [-0.15, -0.1) is 0 Å². The average Bonchev–Trinajstić information content (AvgIpc) is 3.13. The van der Waals surface area contributed by atoms with Crippen molar-refractivity contribution in [2.24, 2.45) is 0 Å². The minimum Gasteiger partial charge on any atom is -0.454 e. The number of rotatable bonds is 5. The summed E-state index contributed by atoms with van der Waals surface area (Å²) >= 11 is 0. The molecule has 0 saturated heterocycles. The molecule has 0 fully saturated rings. The molecule has 4 N–H and O–H groups in total. The van der Waals surface area contributed by atoms with Gasteiger partial charge in [-0.2, -0.15) is 4.72 Å². The van der Waals surface area contributed by atoms with Crippen molar-refractivity contribution in [2.75, 3.05) is 17.8 Å². The quantitative estimate of drug-likeness (QED) is 0.647. The molecule has 0 bridgehead atoms. The first kappa shape index (κ1) is 18.0. The number of nitrogen functional groups attached to an aromatic ring is 1. The Morgan fingerprint density at radius 3 is 2.54 bits per heavy atom. The fraction of sp³-hybridized carbons (Fsp3) is 0.333. The molecule has 1 atom stereocenters. The van der Waals surface area contributed by atoms with Crippen LogP contribution in [0.3, 0.4) is 0 Å². The lowest BCUT2D eigenvalue weighted by Gasteiger charge is -2.15. The molecule has 1 aromatic carbocycles. The Labute approximate surface area is 149 Å². The second-order valence-electron chi connectivity index (χ2n) is 5.78. The number of sulfonamides is 1. The predicted molar refractivity (Wildman–Crippen MR) is 91.4 cm³/mol. The normalized spacial score (nSPS) is 14.3. The predicted octanol–water partition coefficient (Wildman–Crippen LogP) is 0.908. The van der Waals surface area contributed by atoms with Gasteiger partial charge in [0, 0.05) is 12.1 Å². The zero-order valence-electron chi connectivity index (χ0n) is 14.3. The summed E-state index contributed by atoms with van der Waals surface area (Å²) in [6.45, 7) is 4.46. The van der Waals surface area contributed by atoms with Gasteiger partial charge < -0.3 is 25.0 Å². The summed E-state index contributed by atoms with van der Waals surface area (Å²) < 4.78 is 42.5. The highest BCUT2D eigenvalue weighted by Crippen LogP contribution is 2.38. The number of hydrogen-bond donors (Lipinski definition) is 3. The van der Waals surface area contributed by atoms with Crippen molar-refractivity contribution in [1.29, 1.82) is 0 Å². The monoisotopic (exact) mass is 382 g/mol. The number of nitrogens with zero attached hydrogens (tertiary/aromatic N) is 1. The van der Waals surface area contributed by atoms with Gasteiger partial charge in [-0.1, -0.05) is 5.16 Å². The molecular formula is C15H18N4O6S. The van der Waals surface area contributed by atoms with E-state index in [0.717, 1.165) is 0 Å². The van der Waals surface area contributed by atoms with Gasteiger partial charge in [0.25, 0.3) is 0 Å². The molecule has 1 amide bonds. The molecule has 2 heterocycles. The summed E-state index contributed by atoms with van der Waals surface area (Å²) in [6.07, 6.45) is 0. The van der Waals surface area contributed by atoms with Crippen molar-refractivity contribution in [1.82, 2.24) is 9.88 Å². The first-order valence-corrected chi connectivity index (χ1v) is 9.12. The highest BCUT2D eigenvalue weighted by molar-refractivity contribution is 7.89. The number of aromatic nitrogens is 1. The summed E-state index contributed by atoms with van der Waals surface area (Å²) in [6, 6.07) is 1.97. The lowest BCUT2D eigenvalue weighted by molar-refractivity contribution is -0.117. The summed E-state index contributed by atoms with van der Waals surface area (Å²) in [4.78, 5) is 12.3. The molecular weight excluding hydrogens is 364 g/mol. The smallest absolute Gasteiger partial charge is 0.246 e. The van der Waals surface area contributed by atoms with Crippen LogP contribution in [0, 0.1) is 13.8 Å². The van der Waals surface area contributed by atoms with Crippen molar-refractivity contribution in [2.45, 2.75) is 31.7 Å². The molecule has 0 aliphatic carbocycles. The van der Waals surface area contributed by atoms with Crippen molar-refractivity contribution in [3.8, 4) is 11.5 Å². The first-order valence-electron chi connectivity index (χ1n) is 7.64. The number of fused-ring (bicyclic) bond motifs is 1. The van der Waals surface area contributed by atoms with E-state index < -0.39 is 22.0 Å². The van der Waals surface area contributed by atoms with Crippen LogP contribution >= 0.6 is 0 Å². The third-order valence-electron chi connectivity index (χ3n) is 3.76. The lowest BCUT2D eigenvalue weighted by atomic mass is 10.2. The van der Waals surface area contributed by atoms with Crippen LogP contribution in [0.15, 0.2) is 21.6 Å². The number of amides is 1. The van der Waals surface area contributed by atoms with Crippen LogP contribution in [0.25, 0.3) is 0 Å². The fourth-order valence-corrected chi connectivity index (χ4v) is 4.04. The minimum absolute atomic E-state index is 0.0693. The Bertz CT molecular complexity index is 949. The molecule has 0 radical (unpaired) electrons. The van der Waals surface area contributed by atoms with E-state index in [1.54, 1.807) is 0 Å². The summed E-state index contributed by atoms with van der Waals surface area (Å²) in [5.74, 6) is 0.472. The molecule has 0 saturated carbocycles. The van der Waals surface area contributed by atoms with E-state index in [9.17, 15) is 13.2 Å². The molecule has 3 rings (SSSR count). The number of aryl methyl sites for hydroxylation is 2. The van der Waals surface area contributed by atoms with Crippen molar-refractivity contribution in [3.63, 3.8) is 0 Å². The Morgan fingerprint density at radius 2 is 1.92 bits per heavy atom. The highest BCUT2D eigenvalue weighted by atomic mass is 32.2.